The molecular formula is C48H57I9N10O18. The maximum absolute atomic E-state index is 14.3. The minimum Gasteiger partial charge on any atom is -0.394 e. The number of carbonyl (C=O) groups is 9. The van der Waals surface area contributed by atoms with Crippen molar-refractivity contribution in [2.75, 3.05) is 136 Å². The number of likely N-dealkylation sites (N-methyl/N-ethyl adjacent to an activating group) is 3. The zero-order valence-electron chi connectivity index (χ0n) is 44.7. The van der Waals surface area contributed by atoms with E-state index in [-0.39, 0.29) is 141 Å². The van der Waals surface area contributed by atoms with Gasteiger partial charge in [-0.25, -0.2) is 0 Å². The van der Waals surface area contributed by atoms with Crippen molar-refractivity contribution in [3.05, 3.63) is 65.5 Å². The van der Waals surface area contributed by atoms with E-state index in [1.54, 1.807) is 4.90 Å². The molecule has 0 aromatic heterocycles. The Hall–Kier alpha value is -0.940. The molecule has 0 heterocycles. The third kappa shape index (κ3) is 21.0. The molecule has 0 saturated carbocycles. The number of amides is 9. The van der Waals surface area contributed by atoms with Crippen molar-refractivity contribution < 1.29 is 89.1 Å². The summed E-state index contributed by atoms with van der Waals surface area (Å²) in [7, 11) is 4.10. The van der Waals surface area contributed by atoms with Crippen molar-refractivity contribution in [2.45, 2.75) is 18.3 Å². The van der Waals surface area contributed by atoms with Crippen LogP contribution in [0.2, 0.25) is 0 Å². The first kappa shape index (κ1) is 78.3. The fraction of sp³-hybridized carbons (Fsp3) is 0.438. The van der Waals surface area contributed by atoms with E-state index in [0.29, 0.717) is 0 Å². The molecular weight excluding hydrogens is 2150 g/mol. The number of hydrogen-bond acceptors (Lipinski definition) is 19. The molecule has 0 bridgehead atoms. The minimum absolute atomic E-state index is 0.00206. The molecule has 0 fully saturated rings. The van der Waals surface area contributed by atoms with Crippen LogP contribution in [0.3, 0.4) is 0 Å². The van der Waals surface area contributed by atoms with Crippen molar-refractivity contribution in [1.29, 1.82) is 0 Å². The number of benzene rings is 3. The molecule has 470 valence electrons. The van der Waals surface area contributed by atoms with E-state index in [1.165, 1.54) is 21.1 Å². The summed E-state index contributed by atoms with van der Waals surface area (Å²) in [4.78, 5) is 128. The number of hydrogen-bond donors (Lipinski definition) is 15. The molecule has 0 saturated heterocycles. The number of nitrogens with zero attached hydrogens (tertiary/aromatic N) is 4. The Morgan fingerprint density at radius 2 is 0.576 bits per heavy atom. The largest absolute Gasteiger partial charge is 0.394 e. The van der Waals surface area contributed by atoms with Gasteiger partial charge in [-0.2, -0.15) is 0 Å². The summed E-state index contributed by atoms with van der Waals surface area (Å²) in [5.74, 6) is -6.75. The molecule has 15 N–H and O–H groups in total. The van der Waals surface area contributed by atoms with Crippen molar-refractivity contribution in [1.82, 2.24) is 35.6 Å². The summed E-state index contributed by atoms with van der Waals surface area (Å²) in [6, 6.07) is 0. The lowest BCUT2D eigenvalue weighted by Gasteiger charge is -2.26. The Balaban J connectivity index is 2.14. The molecule has 0 spiro atoms. The molecule has 0 aliphatic carbocycles. The van der Waals surface area contributed by atoms with Crippen molar-refractivity contribution in [2.24, 2.45) is 0 Å². The molecule has 3 atom stereocenters. The van der Waals surface area contributed by atoms with E-state index in [1.807, 2.05) is 203 Å². The second-order valence-electron chi connectivity index (χ2n) is 18.0. The highest BCUT2D eigenvalue weighted by Gasteiger charge is 2.34. The van der Waals surface area contributed by atoms with E-state index in [2.05, 4.69) is 31.9 Å². The van der Waals surface area contributed by atoms with Crippen LogP contribution in [0.5, 0.6) is 0 Å². The van der Waals surface area contributed by atoms with Crippen molar-refractivity contribution >= 4 is 274 Å². The summed E-state index contributed by atoms with van der Waals surface area (Å²) in [5, 5.41) is 104. The highest BCUT2D eigenvalue weighted by atomic mass is 127. The fourth-order valence-corrected chi connectivity index (χ4v) is 20.7. The van der Waals surface area contributed by atoms with Gasteiger partial charge in [-0.05, 0) is 203 Å². The molecule has 9 amide bonds. The van der Waals surface area contributed by atoms with Crippen LogP contribution in [-0.4, -0.2) is 257 Å². The zero-order valence-corrected chi connectivity index (χ0v) is 64.1. The van der Waals surface area contributed by atoms with Crippen LogP contribution in [0.1, 0.15) is 62.1 Å². The lowest BCUT2D eigenvalue weighted by molar-refractivity contribution is -0.119. The molecule has 0 aliphatic heterocycles. The van der Waals surface area contributed by atoms with Gasteiger partial charge in [0, 0.05) is 90.8 Å². The highest BCUT2D eigenvalue weighted by Crippen LogP contribution is 2.39. The normalized spacial score (nSPS) is 12.2. The van der Waals surface area contributed by atoms with E-state index < -0.39 is 111 Å². The molecule has 85 heavy (non-hydrogen) atoms. The molecule has 0 aliphatic rings. The molecule has 3 aromatic rings. The number of aliphatic hydroxyl groups excluding tert-OH is 9. The minimum atomic E-state index is -1.30. The Morgan fingerprint density at radius 1 is 0.365 bits per heavy atom. The average Bonchev–Trinajstić information content (AvgIpc) is 1.25. The second-order valence-corrected chi connectivity index (χ2v) is 27.7. The monoisotopic (exact) mass is 2200 g/mol. The lowest BCUT2D eigenvalue weighted by Crippen LogP contribution is -2.43. The standard InChI is InChI=1S/C48H57I9N10O18/c1-64(10-19(74)13-68)46(83)28-31(49)25(34(52)40(37(28)55)61-22(77)16-71)43(80)58-4-7-67(8-5-59-44(81)26-32(50)29(47(84)65(2)11-20(75)14-69)38(56)41(35(26)53)62-23(78)17-72)9-6-60-45(82)27-33(51)30(48(85)66(3)12-21(76)15-70)39(57)42(36(27)54)63-24(79)18-73/h19-21,68-76H,4-18H2,1-3H3,(H,58,80)(H,59,81)(H,60,82)(H,61,77)(H,62,78)(H,63,79). The van der Waals surface area contributed by atoms with Gasteiger partial charge >= 0.3 is 0 Å². The first-order valence-corrected chi connectivity index (χ1v) is 34.1. The summed E-state index contributed by atoms with van der Waals surface area (Å²) in [5.41, 5.74) is -0.134. The quantitative estimate of drug-likeness (QED) is 0.0393. The van der Waals surface area contributed by atoms with Crippen LogP contribution in [0, 0.1) is 32.1 Å². The number of rotatable bonds is 30. The zero-order chi connectivity index (χ0) is 64.5. The van der Waals surface area contributed by atoms with E-state index >= 15 is 0 Å². The maximum atomic E-state index is 14.3. The summed E-state index contributed by atoms with van der Waals surface area (Å²) >= 11 is 16.4. The van der Waals surface area contributed by atoms with E-state index in [0.717, 1.165) is 14.7 Å². The number of anilines is 3. The molecule has 3 unspecified atom stereocenters. The van der Waals surface area contributed by atoms with Crippen LogP contribution in [0.15, 0.2) is 0 Å². The van der Waals surface area contributed by atoms with E-state index in [4.69, 9.17) is 0 Å². The Kier molecular flexibility index (Phi) is 34.6. The number of nitrogens with one attached hydrogen (secondary N) is 6. The van der Waals surface area contributed by atoms with Gasteiger partial charge in [0.25, 0.3) is 35.4 Å². The molecule has 0 radical (unpaired) electrons. The topological polar surface area (TPSA) is 421 Å². The van der Waals surface area contributed by atoms with Gasteiger partial charge in [0.2, 0.25) is 17.7 Å². The Morgan fingerprint density at radius 3 is 0.776 bits per heavy atom. The van der Waals surface area contributed by atoms with Gasteiger partial charge < -0.3 is 92.6 Å². The van der Waals surface area contributed by atoms with Crippen LogP contribution >= 0.6 is 203 Å². The molecule has 37 heteroatoms. The smallest absolute Gasteiger partial charge is 0.255 e. The summed E-state index contributed by atoms with van der Waals surface area (Å²) < 4.78 is 1.66. The fourth-order valence-electron chi connectivity index (χ4n) is 7.55. The first-order chi connectivity index (χ1) is 39.9. The predicted octanol–water partition coefficient (Wildman–Crippen LogP) is 0.0878. The van der Waals surface area contributed by atoms with Crippen LogP contribution in [-0.2, 0) is 14.4 Å². The van der Waals surface area contributed by atoms with Gasteiger partial charge in [0.15, 0.2) is 0 Å². The molecule has 28 nitrogen and oxygen atoms in total. The van der Waals surface area contributed by atoms with Gasteiger partial charge in [-0.3, -0.25) is 48.1 Å². The van der Waals surface area contributed by atoms with Crippen molar-refractivity contribution in [3.63, 3.8) is 0 Å². The second kappa shape index (κ2) is 37.5. The molecule has 3 rings (SSSR count). The van der Waals surface area contributed by atoms with Gasteiger partial charge in [-0.15, -0.1) is 0 Å². The first-order valence-electron chi connectivity index (χ1n) is 24.4. The predicted molar refractivity (Wildman–Crippen MR) is 385 cm³/mol. The number of carbonyl (C=O) groups excluding carboxylic acids is 9. The lowest BCUT2D eigenvalue weighted by atomic mass is 10.1. The molecule has 3 aromatic carbocycles. The third-order valence-electron chi connectivity index (χ3n) is 11.8. The number of aliphatic hydroxyl groups is 9. The van der Waals surface area contributed by atoms with Gasteiger partial charge in [0.1, 0.15) is 19.8 Å². The maximum Gasteiger partial charge on any atom is 0.255 e. The summed E-state index contributed by atoms with van der Waals surface area (Å²) in [6.07, 6.45) is -3.91. The van der Waals surface area contributed by atoms with Crippen LogP contribution in [0.25, 0.3) is 0 Å². The van der Waals surface area contributed by atoms with Crippen LogP contribution < -0.4 is 31.9 Å². The number of halogens is 9. The van der Waals surface area contributed by atoms with Crippen LogP contribution in [0.4, 0.5) is 17.1 Å². The van der Waals surface area contributed by atoms with Crippen molar-refractivity contribution in [3.8, 4) is 0 Å². The average molecular weight is 2200 g/mol. The SMILES string of the molecule is CN(CC(O)CO)C(=O)c1c(I)c(NC(=O)CO)c(I)c(C(=O)NCCN(CCNC(=O)c2c(I)c(NC(=O)CO)c(I)c(C(=O)N(C)CC(O)CO)c2I)CCNC(=O)c2c(I)c(NC(=O)CO)c(I)c(C(=O)N(C)CC(O)CO)c2I)c1I. The Labute approximate surface area is 609 Å². The Bertz CT molecular complexity index is 2730. The third-order valence-corrected chi connectivity index (χ3v) is 21.5. The van der Waals surface area contributed by atoms with Gasteiger partial charge in [-0.1, -0.05) is 0 Å². The highest BCUT2D eigenvalue weighted by molar-refractivity contribution is 14.1. The summed E-state index contributed by atoms with van der Waals surface area (Å²) in [6.45, 7) is -6.08. The van der Waals surface area contributed by atoms with E-state index in [9.17, 15) is 89.1 Å². The van der Waals surface area contributed by atoms with Gasteiger partial charge in [0.05, 0.1) is 110 Å².